The third-order valence-corrected chi connectivity index (χ3v) is 2.34. The average Bonchev–Trinajstić information content (AvgIpc) is 2.27. The highest BCUT2D eigenvalue weighted by molar-refractivity contribution is 5.83. The summed E-state index contributed by atoms with van der Waals surface area (Å²) in [6.07, 6.45) is 3.37. The quantitative estimate of drug-likeness (QED) is 0.656. The fourth-order valence-corrected chi connectivity index (χ4v) is 1.69. The van der Waals surface area contributed by atoms with Crippen molar-refractivity contribution in [3.8, 4) is 0 Å². The van der Waals surface area contributed by atoms with E-state index in [0.29, 0.717) is 5.69 Å². The van der Waals surface area contributed by atoms with Gasteiger partial charge in [-0.15, -0.1) is 0 Å². The molecule has 0 radical (unpaired) electrons. The van der Waals surface area contributed by atoms with E-state index in [-0.39, 0.29) is 5.92 Å². The van der Waals surface area contributed by atoms with Gasteiger partial charge in [0.2, 0.25) is 5.69 Å². The molecule has 2 aromatic rings. The van der Waals surface area contributed by atoms with Crippen molar-refractivity contribution in [2.24, 2.45) is 0 Å². The number of rotatable bonds is 1. The van der Waals surface area contributed by atoms with Crippen molar-refractivity contribution in [2.75, 3.05) is 0 Å². The first-order valence-corrected chi connectivity index (χ1v) is 4.85. The molecular weight excluding hydrogens is 186 g/mol. The van der Waals surface area contributed by atoms with Crippen molar-refractivity contribution in [3.63, 3.8) is 0 Å². The van der Waals surface area contributed by atoms with Crippen molar-refractivity contribution in [2.45, 2.75) is 19.8 Å². The van der Waals surface area contributed by atoms with E-state index in [9.17, 15) is 0 Å². The molecule has 0 fully saturated rings. The maximum atomic E-state index is 7.11. The van der Waals surface area contributed by atoms with Crippen molar-refractivity contribution in [3.05, 3.63) is 41.5 Å². The lowest BCUT2D eigenvalue weighted by Crippen LogP contribution is -1.93. The molecule has 2 heterocycles. The Morgan fingerprint density at radius 3 is 2.80 bits per heavy atom. The lowest BCUT2D eigenvalue weighted by Gasteiger charge is -2.10. The van der Waals surface area contributed by atoms with Crippen LogP contribution in [0.1, 0.15) is 25.3 Å². The van der Waals surface area contributed by atoms with Crippen LogP contribution in [0.4, 0.5) is 5.69 Å². The summed E-state index contributed by atoms with van der Waals surface area (Å²) in [5.41, 5.74) is 3.31. The number of hydrogen-bond donors (Lipinski definition) is 0. The minimum atomic E-state index is 0.287. The van der Waals surface area contributed by atoms with Gasteiger partial charge in [-0.3, -0.25) is 9.97 Å². The molecule has 0 aliphatic rings. The third kappa shape index (κ3) is 1.55. The Bertz CT molecular complexity index is 538. The van der Waals surface area contributed by atoms with Gasteiger partial charge in [0.05, 0.1) is 17.6 Å². The average molecular weight is 197 g/mol. The zero-order valence-corrected chi connectivity index (χ0v) is 8.73. The second kappa shape index (κ2) is 3.66. The molecule has 3 nitrogen and oxygen atoms in total. The SMILES string of the molecule is [C-]#[N+]c1cnc2cccnc2c1C(C)C. The van der Waals surface area contributed by atoms with Gasteiger partial charge in [-0.25, -0.2) is 4.85 Å². The summed E-state index contributed by atoms with van der Waals surface area (Å²) in [7, 11) is 0. The second-order valence-corrected chi connectivity index (χ2v) is 3.69. The molecule has 2 rings (SSSR count). The summed E-state index contributed by atoms with van der Waals surface area (Å²) in [6.45, 7) is 11.2. The van der Waals surface area contributed by atoms with Gasteiger partial charge in [-0.1, -0.05) is 13.8 Å². The lowest BCUT2D eigenvalue weighted by atomic mass is 10.0. The van der Waals surface area contributed by atoms with E-state index in [2.05, 4.69) is 28.7 Å². The Labute approximate surface area is 88.6 Å². The molecule has 0 saturated carbocycles. The summed E-state index contributed by atoms with van der Waals surface area (Å²) in [5.74, 6) is 0.287. The largest absolute Gasteiger partial charge is 0.266 e. The van der Waals surface area contributed by atoms with E-state index in [4.69, 9.17) is 6.57 Å². The van der Waals surface area contributed by atoms with Gasteiger partial charge in [-0.05, 0) is 23.6 Å². The molecular formula is C12H11N3. The van der Waals surface area contributed by atoms with E-state index < -0.39 is 0 Å². The Morgan fingerprint density at radius 1 is 1.33 bits per heavy atom. The van der Waals surface area contributed by atoms with E-state index in [1.54, 1.807) is 12.4 Å². The molecule has 0 aromatic carbocycles. The standard InChI is InChI=1S/C12H11N3/c1-8(2)11-10(13-3)7-15-9-5-4-6-14-12(9)11/h4-8H,1-2H3. The highest BCUT2D eigenvalue weighted by atomic mass is 14.8. The predicted octanol–water partition coefficient (Wildman–Crippen LogP) is 3.30. The molecule has 0 amide bonds. The summed E-state index contributed by atoms with van der Waals surface area (Å²) in [6, 6.07) is 3.78. The molecule has 3 heteroatoms. The van der Waals surface area contributed by atoms with Gasteiger partial charge in [0, 0.05) is 12.4 Å². The van der Waals surface area contributed by atoms with Crippen LogP contribution in [-0.4, -0.2) is 9.97 Å². The molecule has 0 aliphatic heterocycles. The third-order valence-electron chi connectivity index (χ3n) is 2.34. The van der Waals surface area contributed by atoms with E-state index in [0.717, 1.165) is 16.6 Å². The molecule has 0 spiro atoms. The van der Waals surface area contributed by atoms with Crippen molar-refractivity contribution in [1.29, 1.82) is 0 Å². The smallest absolute Gasteiger partial charge is 0.210 e. The summed E-state index contributed by atoms with van der Waals surface area (Å²) >= 11 is 0. The predicted molar refractivity (Wildman–Crippen MR) is 59.9 cm³/mol. The number of pyridine rings is 2. The Morgan fingerprint density at radius 2 is 2.13 bits per heavy atom. The zero-order valence-electron chi connectivity index (χ0n) is 8.73. The highest BCUT2D eigenvalue weighted by Gasteiger charge is 2.12. The first kappa shape index (κ1) is 9.60. The van der Waals surface area contributed by atoms with Crippen LogP contribution < -0.4 is 0 Å². The second-order valence-electron chi connectivity index (χ2n) is 3.69. The lowest BCUT2D eigenvalue weighted by molar-refractivity contribution is 0.875. The van der Waals surface area contributed by atoms with Gasteiger partial charge in [0.1, 0.15) is 0 Å². The summed E-state index contributed by atoms with van der Waals surface area (Å²) in [5, 5.41) is 0. The molecule has 0 saturated heterocycles. The fraction of sp³-hybridized carbons (Fsp3) is 0.250. The van der Waals surface area contributed by atoms with Crippen LogP contribution in [0, 0.1) is 6.57 Å². The first-order valence-electron chi connectivity index (χ1n) is 4.85. The highest BCUT2D eigenvalue weighted by Crippen LogP contribution is 2.31. The van der Waals surface area contributed by atoms with Crippen LogP contribution >= 0.6 is 0 Å². The topological polar surface area (TPSA) is 30.1 Å². The van der Waals surface area contributed by atoms with Crippen molar-refractivity contribution >= 4 is 16.7 Å². The maximum Gasteiger partial charge on any atom is 0.210 e. The van der Waals surface area contributed by atoms with Crippen LogP contribution in [0.25, 0.3) is 15.9 Å². The molecule has 2 aromatic heterocycles. The minimum absolute atomic E-state index is 0.287. The van der Waals surface area contributed by atoms with Gasteiger partial charge < -0.3 is 0 Å². The van der Waals surface area contributed by atoms with Gasteiger partial charge >= 0.3 is 0 Å². The van der Waals surface area contributed by atoms with Crippen molar-refractivity contribution < 1.29 is 0 Å². The van der Waals surface area contributed by atoms with Gasteiger partial charge in [0.25, 0.3) is 0 Å². The van der Waals surface area contributed by atoms with Crippen LogP contribution in [0.5, 0.6) is 0 Å². The number of hydrogen-bond acceptors (Lipinski definition) is 2. The molecule has 0 atom stereocenters. The molecule has 15 heavy (non-hydrogen) atoms. The van der Waals surface area contributed by atoms with E-state index >= 15 is 0 Å². The van der Waals surface area contributed by atoms with Crippen LogP contribution in [0.3, 0.4) is 0 Å². The van der Waals surface area contributed by atoms with E-state index in [1.165, 1.54) is 0 Å². The normalized spacial score (nSPS) is 10.5. The minimum Gasteiger partial charge on any atom is -0.266 e. The van der Waals surface area contributed by atoms with Crippen LogP contribution in [-0.2, 0) is 0 Å². The Balaban J connectivity index is 2.86. The van der Waals surface area contributed by atoms with E-state index in [1.807, 2.05) is 12.1 Å². The Hall–Kier alpha value is -1.95. The molecule has 0 unspecified atom stereocenters. The summed E-state index contributed by atoms with van der Waals surface area (Å²) < 4.78 is 0. The van der Waals surface area contributed by atoms with Gasteiger partial charge in [0.15, 0.2) is 0 Å². The molecule has 0 aliphatic carbocycles. The van der Waals surface area contributed by atoms with Crippen molar-refractivity contribution in [1.82, 2.24) is 9.97 Å². The molecule has 0 N–H and O–H groups in total. The fourth-order valence-electron chi connectivity index (χ4n) is 1.69. The number of nitrogens with zero attached hydrogens (tertiary/aromatic N) is 3. The maximum absolute atomic E-state index is 7.11. The zero-order chi connectivity index (χ0) is 10.8. The number of fused-ring (bicyclic) bond motifs is 1. The summed E-state index contributed by atoms with van der Waals surface area (Å²) in [4.78, 5) is 12.0. The van der Waals surface area contributed by atoms with Crippen LogP contribution in [0.15, 0.2) is 24.5 Å². The molecule has 74 valence electrons. The van der Waals surface area contributed by atoms with Crippen LogP contribution in [0.2, 0.25) is 0 Å². The Kier molecular flexibility index (Phi) is 2.34. The first-order chi connectivity index (χ1) is 7.24. The monoisotopic (exact) mass is 197 g/mol. The number of aromatic nitrogens is 2. The molecule has 0 bridgehead atoms. The van der Waals surface area contributed by atoms with Gasteiger partial charge in [-0.2, -0.15) is 0 Å².